The van der Waals surface area contributed by atoms with Crippen molar-refractivity contribution >= 4 is 17.4 Å². The molecule has 0 bridgehead atoms. The van der Waals surface area contributed by atoms with E-state index < -0.39 is 5.60 Å². The zero-order chi connectivity index (χ0) is 19.4. The van der Waals surface area contributed by atoms with Gasteiger partial charge in [-0.3, -0.25) is 0 Å². The summed E-state index contributed by atoms with van der Waals surface area (Å²) in [5.41, 5.74) is 4.71. The average molecular weight is 395 g/mol. The molecule has 2 aliphatic rings. The van der Waals surface area contributed by atoms with Crippen LogP contribution in [0.4, 0.5) is 4.39 Å². The minimum absolute atomic E-state index is 0.248. The molecule has 5 rings (SSSR count). The minimum Gasteiger partial charge on any atom is -0.389 e. The Balaban J connectivity index is 1.47. The number of aliphatic hydroxyl groups is 1. The van der Waals surface area contributed by atoms with Crippen LogP contribution in [0.15, 0.2) is 52.9 Å². The number of rotatable bonds is 4. The van der Waals surface area contributed by atoms with Crippen LogP contribution in [0.25, 0.3) is 11.8 Å². The second kappa shape index (κ2) is 6.39. The van der Waals surface area contributed by atoms with Crippen LogP contribution in [-0.2, 0) is 12.8 Å². The molecule has 5 heteroatoms. The Kier molecular flexibility index (Phi) is 4.07. The second-order valence-electron chi connectivity index (χ2n) is 8.28. The Morgan fingerprint density at radius 1 is 1.25 bits per heavy atom. The average Bonchev–Trinajstić information content (AvgIpc) is 3.39. The molecule has 1 N–H and O–H groups in total. The van der Waals surface area contributed by atoms with Gasteiger partial charge in [0.2, 0.25) is 0 Å². The smallest absolute Gasteiger partial charge is 0.123 e. The molecule has 0 amide bonds. The van der Waals surface area contributed by atoms with E-state index in [9.17, 15) is 9.50 Å². The standard InChI is InChI=1S/C23H23FN2OS/c1-22-13-17-14-25-26(20-4-2-19(24)3-5-20)21(17)12-18(22)7-10-23(22,27)9-6-16-8-11-28-15-16/h2-5,8,11-12,14-15,27H,6-7,9-10,13H2,1H3/t22-,23-/m0/s1. The summed E-state index contributed by atoms with van der Waals surface area (Å²) in [6, 6.07) is 8.57. The summed E-state index contributed by atoms with van der Waals surface area (Å²) < 4.78 is 15.2. The van der Waals surface area contributed by atoms with E-state index >= 15 is 0 Å². The maximum absolute atomic E-state index is 13.3. The third-order valence-corrected chi connectivity index (χ3v) is 7.50. The van der Waals surface area contributed by atoms with E-state index in [4.69, 9.17) is 0 Å². The van der Waals surface area contributed by atoms with Crippen molar-refractivity contribution in [1.29, 1.82) is 0 Å². The lowest BCUT2D eigenvalue weighted by molar-refractivity contribution is -0.0461. The van der Waals surface area contributed by atoms with Crippen molar-refractivity contribution in [2.24, 2.45) is 5.41 Å². The first-order valence-corrected chi connectivity index (χ1v) is 10.7. The van der Waals surface area contributed by atoms with E-state index in [0.29, 0.717) is 0 Å². The largest absolute Gasteiger partial charge is 0.389 e. The zero-order valence-corrected chi connectivity index (χ0v) is 16.7. The Labute approximate surface area is 168 Å². The number of benzene rings is 1. The van der Waals surface area contributed by atoms with Crippen molar-refractivity contribution in [3.05, 3.63) is 75.5 Å². The van der Waals surface area contributed by atoms with Crippen molar-refractivity contribution in [2.45, 2.75) is 44.6 Å². The maximum atomic E-state index is 13.3. The highest BCUT2D eigenvalue weighted by Gasteiger charge is 2.54. The lowest BCUT2D eigenvalue weighted by atomic mass is 9.66. The maximum Gasteiger partial charge on any atom is 0.123 e. The van der Waals surface area contributed by atoms with Gasteiger partial charge in [0.1, 0.15) is 5.82 Å². The molecule has 2 heterocycles. The predicted octanol–water partition coefficient (Wildman–Crippen LogP) is 5.18. The monoisotopic (exact) mass is 394 g/mol. The number of hydrogen-bond acceptors (Lipinski definition) is 3. The Morgan fingerprint density at radius 2 is 2.07 bits per heavy atom. The van der Waals surface area contributed by atoms with Crippen molar-refractivity contribution in [3.63, 3.8) is 0 Å². The number of hydrogen-bond donors (Lipinski definition) is 1. The molecule has 3 aromatic rings. The Bertz CT molecular complexity index is 1040. The topological polar surface area (TPSA) is 38.0 Å². The summed E-state index contributed by atoms with van der Waals surface area (Å²) in [7, 11) is 0. The van der Waals surface area contributed by atoms with Crippen molar-refractivity contribution in [2.75, 3.05) is 0 Å². The molecule has 3 nitrogen and oxygen atoms in total. The van der Waals surface area contributed by atoms with Crippen LogP contribution < -0.4 is 0 Å². The highest BCUT2D eigenvalue weighted by atomic mass is 32.1. The van der Waals surface area contributed by atoms with E-state index in [-0.39, 0.29) is 11.2 Å². The fourth-order valence-corrected chi connectivity index (χ4v) is 5.61. The lowest BCUT2D eigenvalue weighted by Crippen LogP contribution is -2.45. The van der Waals surface area contributed by atoms with E-state index in [1.54, 1.807) is 23.5 Å². The van der Waals surface area contributed by atoms with Crippen molar-refractivity contribution in [1.82, 2.24) is 9.78 Å². The number of halogens is 1. The van der Waals surface area contributed by atoms with Crippen LogP contribution in [0, 0.1) is 11.2 Å². The molecule has 2 atom stereocenters. The molecule has 1 fully saturated rings. The molecule has 1 saturated carbocycles. The lowest BCUT2D eigenvalue weighted by Gasteiger charge is -2.42. The van der Waals surface area contributed by atoms with Gasteiger partial charge in [-0.2, -0.15) is 16.4 Å². The molecule has 0 saturated heterocycles. The van der Waals surface area contributed by atoms with Crippen LogP contribution in [0.3, 0.4) is 0 Å². The summed E-state index contributed by atoms with van der Waals surface area (Å²) in [5, 5.41) is 20.4. The van der Waals surface area contributed by atoms with E-state index in [1.165, 1.54) is 23.3 Å². The Hall–Kier alpha value is -2.24. The van der Waals surface area contributed by atoms with Gasteiger partial charge in [0.25, 0.3) is 0 Å². The van der Waals surface area contributed by atoms with Gasteiger partial charge in [0.15, 0.2) is 0 Å². The molecule has 1 aromatic carbocycles. The highest BCUT2D eigenvalue weighted by Crippen LogP contribution is 2.56. The predicted molar refractivity (Wildman–Crippen MR) is 110 cm³/mol. The summed E-state index contributed by atoms with van der Waals surface area (Å²) in [6.45, 7) is 2.21. The normalized spacial score (nSPS) is 26.0. The SMILES string of the molecule is C[C@]12Cc3cnn(-c4ccc(F)cc4)c3C=C1CC[C@@]2(O)CCc1ccsc1. The van der Waals surface area contributed by atoms with Crippen molar-refractivity contribution in [3.8, 4) is 5.69 Å². The number of aryl methyl sites for hydroxylation is 1. The molecule has 2 aliphatic carbocycles. The van der Waals surface area contributed by atoms with Crippen LogP contribution in [0.5, 0.6) is 0 Å². The van der Waals surface area contributed by atoms with Crippen LogP contribution in [0.1, 0.15) is 43.0 Å². The van der Waals surface area contributed by atoms with Gasteiger partial charge >= 0.3 is 0 Å². The van der Waals surface area contributed by atoms with E-state index in [0.717, 1.165) is 49.0 Å². The third kappa shape index (κ3) is 2.68. The van der Waals surface area contributed by atoms with Gasteiger partial charge in [0, 0.05) is 5.41 Å². The molecule has 0 spiro atoms. The molecule has 0 aliphatic heterocycles. The van der Waals surface area contributed by atoms with Crippen molar-refractivity contribution < 1.29 is 9.50 Å². The van der Waals surface area contributed by atoms with Gasteiger partial charge in [0.05, 0.1) is 23.2 Å². The number of fused-ring (bicyclic) bond motifs is 2. The fraction of sp³-hybridized carbons (Fsp3) is 0.348. The first-order chi connectivity index (χ1) is 13.5. The fourth-order valence-electron chi connectivity index (χ4n) is 4.90. The van der Waals surface area contributed by atoms with Gasteiger partial charge in [-0.25, -0.2) is 9.07 Å². The molecule has 0 unspecified atom stereocenters. The summed E-state index contributed by atoms with van der Waals surface area (Å²) in [5.74, 6) is -0.248. The first-order valence-electron chi connectivity index (χ1n) is 9.76. The molecule has 0 radical (unpaired) electrons. The zero-order valence-electron chi connectivity index (χ0n) is 15.9. The summed E-state index contributed by atoms with van der Waals surface area (Å²) in [4.78, 5) is 0. The molecule has 2 aromatic heterocycles. The summed E-state index contributed by atoms with van der Waals surface area (Å²) >= 11 is 1.71. The first kappa shape index (κ1) is 17.8. The van der Waals surface area contributed by atoms with Gasteiger partial charge in [-0.15, -0.1) is 0 Å². The quantitative estimate of drug-likeness (QED) is 0.662. The highest BCUT2D eigenvalue weighted by molar-refractivity contribution is 7.07. The molecule has 28 heavy (non-hydrogen) atoms. The van der Waals surface area contributed by atoms with Gasteiger partial charge in [-0.1, -0.05) is 12.5 Å². The van der Waals surface area contributed by atoms with Crippen LogP contribution in [-0.4, -0.2) is 20.5 Å². The van der Waals surface area contributed by atoms with E-state index in [2.05, 4.69) is 34.9 Å². The Morgan fingerprint density at radius 3 is 2.82 bits per heavy atom. The number of aromatic nitrogens is 2. The number of thiophene rings is 1. The summed E-state index contributed by atoms with van der Waals surface area (Å²) in [6.07, 6.45) is 8.28. The second-order valence-corrected chi connectivity index (χ2v) is 9.06. The number of nitrogens with zero attached hydrogens (tertiary/aromatic N) is 2. The van der Waals surface area contributed by atoms with Gasteiger partial charge in [-0.05, 0) is 90.4 Å². The van der Waals surface area contributed by atoms with Gasteiger partial charge < -0.3 is 5.11 Å². The minimum atomic E-state index is -0.698. The molecular weight excluding hydrogens is 371 g/mol. The third-order valence-electron chi connectivity index (χ3n) is 6.76. The molecule has 144 valence electrons. The molecular formula is C23H23FN2OS. The van der Waals surface area contributed by atoms with E-state index in [1.807, 2.05) is 10.9 Å². The van der Waals surface area contributed by atoms with Crippen LogP contribution in [0.2, 0.25) is 0 Å². The van der Waals surface area contributed by atoms with Crippen LogP contribution >= 0.6 is 11.3 Å².